The van der Waals surface area contributed by atoms with Crippen LogP contribution < -0.4 is 0 Å². The number of aromatic carboxylic acids is 1. The Morgan fingerprint density at radius 3 is 2.50 bits per heavy atom. The van der Waals surface area contributed by atoms with Crippen molar-refractivity contribution in [2.75, 3.05) is 7.11 Å². The van der Waals surface area contributed by atoms with Crippen molar-refractivity contribution < 1.29 is 15.0 Å². The number of thiazole rings is 1. The van der Waals surface area contributed by atoms with Gasteiger partial charge in [0.2, 0.25) is 0 Å². The quantitative estimate of drug-likeness (QED) is 0.627. The second-order valence-corrected chi connectivity index (χ2v) is 2.06. The molecule has 1 rings (SSSR count). The zero-order valence-corrected chi connectivity index (χ0v) is 6.13. The third kappa shape index (κ3) is 2.56. The average molecular weight is 161 g/mol. The number of aliphatic hydroxyl groups excluding tert-OH is 1. The molecule has 0 saturated heterocycles. The number of carbonyl (C=O) groups is 1. The molecule has 0 fully saturated rings. The lowest BCUT2D eigenvalue weighted by molar-refractivity contribution is 0.0702. The van der Waals surface area contributed by atoms with Gasteiger partial charge in [0.1, 0.15) is 4.88 Å². The van der Waals surface area contributed by atoms with Gasteiger partial charge in [-0.3, -0.25) is 4.98 Å². The summed E-state index contributed by atoms with van der Waals surface area (Å²) in [5, 5.41) is 15.2. The van der Waals surface area contributed by atoms with Crippen molar-refractivity contribution >= 4 is 17.3 Å². The second kappa shape index (κ2) is 4.89. The summed E-state index contributed by atoms with van der Waals surface area (Å²) in [6.45, 7) is 0. The minimum atomic E-state index is -0.910. The Bertz CT molecular complexity index is 185. The lowest BCUT2D eigenvalue weighted by Crippen LogP contribution is -1.89. The first-order valence-corrected chi connectivity index (χ1v) is 3.25. The highest BCUT2D eigenvalue weighted by atomic mass is 32.1. The van der Waals surface area contributed by atoms with Crippen LogP contribution in [0.25, 0.3) is 0 Å². The Labute approximate surface area is 61.8 Å². The lowest BCUT2D eigenvalue weighted by atomic mass is 10.6. The summed E-state index contributed by atoms with van der Waals surface area (Å²) >= 11 is 1.12. The number of rotatable bonds is 1. The van der Waals surface area contributed by atoms with Crippen LogP contribution in [0.15, 0.2) is 11.7 Å². The minimum Gasteiger partial charge on any atom is -0.477 e. The third-order valence-corrected chi connectivity index (χ3v) is 1.40. The molecule has 0 spiro atoms. The van der Waals surface area contributed by atoms with Crippen molar-refractivity contribution in [1.82, 2.24) is 4.98 Å². The Kier molecular flexibility index (Phi) is 4.43. The Hall–Kier alpha value is -0.940. The Balaban J connectivity index is 0.000000371. The molecule has 56 valence electrons. The van der Waals surface area contributed by atoms with E-state index in [1.54, 1.807) is 0 Å². The van der Waals surface area contributed by atoms with Crippen LogP contribution in [0.5, 0.6) is 0 Å². The molecule has 2 N–H and O–H groups in total. The molecule has 5 heteroatoms. The SMILES string of the molecule is CO.O=C(O)c1cncs1. The number of hydrogen-bond donors (Lipinski definition) is 2. The summed E-state index contributed by atoms with van der Waals surface area (Å²) in [6, 6.07) is 0. The van der Waals surface area contributed by atoms with Gasteiger partial charge in [0.25, 0.3) is 0 Å². The first kappa shape index (κ1) is 9.06. The number of aromatic nitrogens is 1. The normalized spacial score (nSPS) is 7.80. The fourth-order valence-corrected chi connectivity index (χ4v) is 0.779. The van der Waals surface area contributed by atoms with Gasteiger partial charge in [-0.1, -0.05) is 0 Å². The molecule has 4 nitrogen and oxygen atoms in total. The maximum Gasteiger partial charge on any atom is 0.347 e. The summed E-state index contributed by atoms with van der Waals surface area (Å²) in [6.07, 6.45) is 1.33. The lowest BCUT2D eigenvalue weighted by Gasteiger charge is -1.77. The van der Waals surface area contributed by atoms with Crippen molar-refractivity contribution in [3.8, 4) is 0 Å². The van der Waals surface area contributed by atoms with E-state index in [2.05, 4.69) is 4.98 Å². The average Bonchev–Trinajstić information content (AvgIpc) is 2.42. The van der Waals surface area contributed by atoms with E-state index >= 15 is 0 Å². The predicted molar refractivity (Wildman–Crippen MR) is 37.2 cm³/mol. The highest BCUT2D eigenvalue weighted by Gasteiger charge is 2.00. The van der Waals surface area contributed by atoms with Gasteiger partial charge >= 0.3 is 5.97 Å². The van der Waals surface area contributed by atoms with E-state index in [-0.39, 0.29) is 4.88 Å². The Morgan fingerprint density at radius 1 is 1.70 bits per heavy atom. The van der Waals surface area contributed by atoms with Gasteiger partial charge in [-0.2, -0.15) is 0 Å². The molecular weight excluding hydrogens is 154 g/mol. The van der Waals surface area contributed by atoms with Crippen molar-refractivity contribution in [2.24, 2.45) is 0 Å². The fraction of sp³-hybridized carbons (Fsp3) is 0.200. The van der Waals surface area contributed by atoms with E-state index < -0.39 is 5.97 Å². The van der Waals surface area contributed by atoms with Gasteiger partial charge in [-0.15, -0.1) is 11.3 Å². The van der Waals surface area contributed by atoms with Crippen LogP contribution in [0.1, 0.15) is 9.67 Å². The predicted octanol–water partition coefficient (Wildman–Crippen LogP) is 0.450. The van der Waals surface area contributed by atoms with E-state index in [0.717, 1.165) is 18.4 Å². The highest BCUT2D eigenvalue weighted by Crippen LogP contribution is 2.03. The molecule has 0 aromatic carbocycles. The molecule has 1 aromatic rings. The van der Waals surface area contributed by atoms with Gasteiger partial charge in [0, 0.05) is 7.11 Å². The summed E-state index contributed by atoms with van der Waals surface area (Å²) < 4.78 is 0. The largest absolute Gasteiger partial charge is 0.477 e. The molecule has 0 atom stereocenters. The standard InChI is InChI=1S/C4H3NO2S.CH4O/c6-4(7)3-1-5-2-8-3;1-2/h1-2H,(H,6,7);2H,1H3. The maximum atomic E-state index is 10.0. The van der Waals surface area contributed by atoms with E-state index in [9.17, 15) is 4.79 Å². The highest BCUT2D eigenvalue weighted by molar-refractivity contribution is 7.11. The zero-order chi connectivity index (χ0) is 7.98. The van der Waals surface area contributed by atoms with E-state index in [4.69, 9.17) is 10.2 Å². The molecule has 0 aliphatic carbocycles. The molecular formula is C5H7NO3S. The van der Waals surface area contributed by atoms with E-state index in [0.29, 0.717) is 0 Å². The molecule has 0 saturated carbocycles. The smallest absolute Gasteiger partial charge is 0.347 e. The van der Waals surface area contributed by atoms with Crippen molar-refractivity contribution in [1.29, 1.82) is 0 Å². The van der Waals surface area contributed by atoms with Crippen LogP contribution in [0, 0.1) is 0 Å². The molecule has 0 aliphatic heterocycles. The maximum absolute atomic E-state index is 10.0. The van der Waals surface area contributed by atoms with Crippen LogP contribution in [0.3, 0.4) is 0 Å². The summed E-state index contributed by atoms with van der Waals surface area (Å²) in [5.41, 5.74) is 1.49. The zero-order valence-electron chi connectivity index (χ0n) is 5.31. The molecule has 0 amide bonds. The van der Waals surface area contributed by atoms with Crippen molar-refractivity contribution in [3.63, 3.8) is 0 Å². The summed E-state index contributed by atoms with van der Waals surface area (Å²) in [4.78, 5) is 13.9. The monoisotopic (exact) mass is 161 g/mol. The molecule has 1 heterocycles. The number of carboxylic acids is 1. The fourth-order valence-electron chi connectivity index (χ4n) is 0.321. The van der Waals surface area contributed by atoms with E-state index in [1.165, 1.54) is 11.7 Å². The topological polar surface area (TPSA) is 70.4 Å². The molecule has 0 bridgehead atoms. The van der Waals surface area contributed by atoms with Crippen molar-refractivity contribution in [2.45, 2.75) is 0 Å². The summed E-state index contributed by atoms with van der Waals surface area (Å²) in [5.74, 6) is -0.910. The van der Waals surface area contributed by atoms with Gasteiger partial charge in [0.05, 0.1) is 11.7 Å². The van der Waals surface area contributed by atoms with Crippen LogP contribution in [-0.4, -0.2) is 28.3 Å². The molecule has 10 heavy (non-hydrogen) atoms. The van der Waals surface area contributed by atoms with Crippen LogP contribution in [0.4, 0.5) is 0 Å². The number of aliphatic hydroxyl groups is 1. The molecule has 0 unspecified atom stereocenters. The number of hydrogen-bond acceptors (Lipinski definition) is 4. The van der Waals surface area contributed by atoms with Crippen LogP contribution in [-0.2, 0) is 0 Å². The molecule has 1 aromatic heterocycles. The van der Waals surface area contributed by atoms with Crippen LogP contribution >= 0.6 is 11.3 Å². The van der Waals surface area contributed by atoms with E-state index in [1.807, 2.05) is 0 Å². The van der Waals surface area contributed by atoms with Crippen LogP contribution in [0.2, 0.25) is 0 Å². The second-order valence-electron chi connectivity index (χ2n) is 1.17. The molecule has 0 aliphatic rings. The Morgan fingerprint density at radius 2 is 2.30 bits per heavy atom. The number of carboxylic acid groups (broad SMARTS) is 1. The third-order valence-electron chi connectivity index (χ3n) is 0.643. The number of nitrogens with zero attached hydrogens (tertiary/aromatic N) is 1. The minimum absolute atomic E-state index is 0.282. The van der Waals surface area contributed by atoms with Gasteiger partial charge < -0.3 is 10.2 Å². The first-order chi connectivity index (χ1) is 4.80. The van der Waals surface area contributed by atoms with Gasteiger partial charge in [-0.25, -0.2) is 4.79 Å². The van der Waals surface area contributed by atoms with Gasteiger partial charge in [0.15, 0.2) is 0 Å². The summed E-state index contributed by atoms with van der Waals surface area (Å²) in [7, 11) is 1.00. The first-order valence-electron chi connectivity index (χ1n) is 2.37. The molecule has 0 radical (unpaired) electrons. The van der Waals surface area contributed by atoms with Crippen molar-refractivity contribution in [3.05, 3.63) is 16.6 Å². The van der Waals surface area contributed by atoms with Gasteiger partial charge in [-0.05, 0) is 0 Å².